The molecule has 0 unspecified atom stereocenters. The lowest BCUT2D eigenvalue weighted by Gasteiger charge is -2.27. The van der Waals surface area contributed by atoms with Gasteiger partial charge in [-0.1, -0.05) is 66.2 Å². The van der Waals surface area contributed by atoms with Crippen molar-refractivity contribution in [3.63, 3.8) is 0 Å². The molecule has 1 fully saturated rings. The standard InChI is InChI=1S/C20H23NO.ClH/c22-16-15-21-13-11-19(12-14-21)20(17-7-3-1-4-8-17)18-9-5-2-6-10-18;/h1-10,22H,11-16H2;1H. The minimum Gasteiger partial charge on any atom is -1.00 e. The van der Waals surface area contributed by atoms with E-state index in [0.717, 1.165) is 32.5 Å². The van der Waals surface area contributed by atoms with E-state index in [0.29, 0.717) is 6.61 Å². The molecule has 1 heterocycles. The highest BCUT2D eigenvalue weighted by Gasteiger charge is 2.20. The number of hydrogen-bond acceptors (Lipinski definition) is 1. The third-order valence-corrected chi connectivity index (χ3v) is 4.50. The molecule has 1 aliphatic rings. The average Bonchev–Trinajstić information content (AvgIpc) is 2.59. The van der Waals surface area contributed by atoms with Gasteiger partial charge in [0.2, 0.25) is 0 Å². The van der Waals surface area contributed by atoms with Crippen molar-refractivity contribution in [2.75, 3.05) is 26.2 Å². The van der Waals surface area contributed by atoms with E-state index in [-0.39, 0.29) is 12.4 Å². The first-order valence-electron chi connectivity index (χ1n) is 8.16. The molecule has 3 rings (SSSR count). The highest BCUT2D eigenvalue weighted by molar-refractivity contribution is 5.82. The van der Waals surface area contributed by atoms with Crippen molar-refractivity contribution in [1.82, 2.24) is 0 Å². The molecule has 122 valence electrons. The van der Waals surface area contributed by atoms with Gasteiger partial charge in [-0.2, -0.15) is 0 Å². The molecule has 2 N–H and O–H groups in total. The topological polar surface area (TPSA) is 24.7 Å². The number of aliphatic hydroxyl groups excluding tert-OH is 1. The zero-order valence-corrected chi connectivity index (χ0v) is 14.1. The first kappa shape index (κ1) is 17.7. The average molecular weight is 330 g/mol. The van der Waals surface area contributed by atoms with Gasteiger partial charge >= 0.3 is 0 Å². The Hall–Kier alpha value is -1.61. The summed E-state index contributed by atoms with van der Waals surface area (Å²) in [5, 5.41) is 9.12. The smallest absolute Gasteiger partial charge is 0.101 e. The number of nitrogens with one attached hydrogen (secondary N) is 1. The Kier molecular flexibility index (Phi) is 6.85. The Morgan fingerprint density at radius 2 is 1.30 bits per heavy atom. The minimum atomic E-state index is 0. The molecule has 3 heteroatoms. The van der Waals surface area contributed by atoms with Crippen LogP contribution in [0.1, 0.15) is 24.0 Å². The van der Waals surface area contributed by atoms with Crippen LogP contribution < -0.4 is 17.3 Å². The van der Waals surface area contributed by atoms with E-state index in [2.05, 4.69) is 60.7 Å². The van der Waals surface area contributed by atoms with E-state index >= 15 is 0 Å². The Balaban J connectivity index is 0.00000192. The van der Waals surface area contributed by atoms with E-state index in [4.69, 9.17) is 5.11 Å². The second-order valence-electron chi connectivity index (χ2n) is 5.93. The van der Waals surface area contributed by atoms with Crippen LogP contribution in [0.3, 0.4) is 0 Å². The first-order valence-corrected chi connectivity index (χ1v) is 8.16. The predicted molar refractivity (Wildman–Crippen MR) is 90.8 cm³/mol. The number of quaternary nitrogens is 1. The van der Waals surface area contributed by atoms with Crippen LogP contribution in [-0.2, 0) is 0 Å². The van der Waals surface area contributed by atoms with Crippen molar-refractivity contribution in [1.29, 1.82) is 0 Å². The van der Waals surface area contributed by atoms with Gasteiger partial charge in [0.25, 0.3) is 0 Å². The van der Waals surface area contributed by atoms with Gasteiger partial charge in [0.15, 0.2) is 0 Å². The molecular weight excluding hydrogens is 306 g/mol. The summed E-state index contributed by atoms with van der Waals surface area (Å²) in [7, 11) is 0. The van der Waals surface area contributed by atoms with Crippen LogP contribution in [-0.4, -0.2) is 31.3 Å². The minimum absolute atomic E-state index is 0. The number of aliphatic hydroxyl groups is 1. The van der Waals surface area contributed by atoms with Gasteiger partial charge in [-0.05, 0) is 16.7 Å². The van der Waals surface area contributed by atoms with Crippen LogP contribution in [0.2, 0.25) is 0 Å². The fraction of sp³-hybridized carbons (Fsp3) is 0.300. The Bertz CT molecular complexity index is 573. The molecule has 1 saturated heterocycles. The van der Waals surface area contributed by atoms with Crippen LogP contribution >= 0.6 is 0 Å². The third kappa shape index (κ3) is 4.44. The van der Waals surface area contributed by atoms with Gasteiger partial charge in [0.05, 0.1) is 19.7 Å². The van der Waals surface area contributed by atoms with Crippen molar-refractivity contribution in [3.05, 3.63) is 77.4 Å². The quantitative estimate of drug-likeness (QED) is 0.751. The number of rotatable bonds is 4. The Morgan fingerprint density at radius 3 is 1.74 bits per heavy atom. The molecule has 2 aromatic carbocycles. The van der Waals surface area contributed by atoms with E-state index < -0.39 is 0 Å². The second kappa shape index (κ2) is 8.88. The maximum Gasteiger partial charge on any atom is 0.101 e. The molecule has 2 aromatic rings. The number of halogens is 1. The van der Waals surface area contributed by atoms with E-state index in [1.165, 1.54) is 21.6 Å². The zero-order valence-electron chi connectivity index (χ0n) is 13.3. The molecule has 0 aliphatic carbocycles. The maximum absolute atomic E-state index is 9.12. The molecule has 1 aliphatic heterocycles. The summed E-state index contributed by atoms with van der Waals surface area (Å²) in [4.78, 5) is 1.52. The van der Waals surface area contributed by atoms with E-state index in [9.17, 15) is 0 Å². The summed E-state index contributed by atoms with van der Waals surface area (Å²) in [5.41, 5.74) is 5.59. The number of hydrogen-bond donors (Lipinski definition) is 2. The molecule has 2 nitrogen and oxygen atoms in total. The summed E-state index contributed by atoms with van der Waals surface area (Å²) in [6.07, 6.45) is 2.24. The molecule has 0 saturated carbocycles. The number of piperidine rings is 1. The molecule has 0 amide bonds. The van der Waals surface area contributed by atoms with Gasteiger partial charge in [0, 0.05) is 12.8 Å². The maximum atomic E-state index is 9.12. The molecule has 0 spiro atoms. The van der Waals surface area contributed by atoms with Crippen LogP contribution in [0.4, 0.5) is 0 Å². The number of likely N-dealkylation sites (tertiary alicyclic amines) is 1. The molecule has 23 heavy (non-hydrogen) atoms. The van der Waals surface area contributed by atoms with Crippen LogP contribution in [0.25, 0.3) is 5.57 Å². The van der Waals surface area contributed by atoms with Crippen molar-refractivity contribution < 1.29 is 22.4 Å². The fourth-order valence-corrected chi connectivity index (χ4v) is 3.35. The summed E-state index contributed by atoms with van der Waals surface area (Å²) >= 11 is 0. The predicted octanol–water partition coefficient (Wildman–Crippen LogP) is -0.836. The third-order valence-electron chi connectivity index (χ3n) is 4.50. The molecule has 0 bridgehead atoms. The highest BCUT2D eigenvalue weighted by Crippen LogP contribution is 2.30. The molecule has 0 aromatic heterocycles. The van der Waals surface area contributed by atoms with Crippen molar-refractivity contribution in [2.45, 2.75) is 12.8 Å². The monoisotopic (exact) mass is 329 g/mol. The lowest BCUT2D eigenvalue weighted by Crippen LogP contribution is -3.13. The van der Waals surface area contributed by atoms with Crippen molar-refractivity contribution in [3.8, 4) is 0 Å². The summed E-state index contributed by atoms with van der Waals surface area (Å²) in [6.45, 7) is 3.41. The van der Waals surface area contributed by atoms with Crippen molar-refractivity contribution >= 4 is 5.57 Å². The lowest BCUT2D eigenvalue weighted by molar-refractivity contribution is -0.903. The van der Waals surface area contributed by atoms with E-state index in [1.54, 1.807) is 5.57 Å². The van der Waals surface area contributed by atoms with Crippen LogP contribution in [0.15, 0.2) is 66.2 Å². The van der Waals surface area contributed by atoms with Crippen LogP contribution in [0, 0.1) is 0 Å². The van der Waals surface area contributed by atoms with Gasteiger partial charge in [-0.3, -0.25) is 0 Å². The fourth-order valence-electron chi connectivity index (χ4n) is 3.35. The lowest BCUT2D eigenvalue weighted by atomic mass is 9.88. The summed E-state index contributed by atoms with van der Waals surface area (Å²) < 4.78 is 0. The molecule has 0 radical (unpaired) electrons. The molecular formula is C20H24ClNO. The number of benzene rings is 2. The summed E-state index contributed by atoms with van der Waals surface area (Å²) in [5.74, 6) is 0. The normalized spacial score (nSPS) is 17.4. The van der Waals surface area contributed by atoms with Gasteiger partial charge < -0.3 is 22.4 Å². The largest absolute Gasteiger partial charge is 1.00 e. The SMILES string of the molecule is OCC[NH+]1CCC(=C(c2ccccc2)c2ccccc2)CC1.[Cl-]. The molecule has 0 atom stereocenters. The van der Waals surface area contributed by atoms with Gasteiger partial charge in [-0.25, -0.2) is 0 Å². The Labute approximate surface area is 144 Å². The Morgan fingerprint density at radius 1 is 0.826 bits per heavy atom. The van der Waals surface area contributed by atoms with Gasteiger partial charge in [-0.15, -0.1) is 0 Å². The second-order valence-corrected chi connectivity index (χ2v) is 5.93. The zero-order chi connectivity index (χ0) is 15.2. The van der Waals surface area contributed by atoms with Crippen molar-refractivity contribution in [2.24, 2.45) is 0 Å². The van der Waals surface area contributed by atoms with Crippen LogP contribution in [0.5, 0.6) is 0 Å². The first-order chi connectivity index (χ1) is 10.9. The highest BCUT2D eigenvalue weighted by atomic mass is 35.5. The van der Waals surface area contributed by atoms with E-state index in [1.807, 2.05) is 0 Å². The van der Waals surface area contributed by atoms with Gasteiger partial charge in [0.1, 0.15) is 6.54 Å². The summed E-state index contributed by atoms with van der Waals surface area (Å²) in [6, 6.07) is 21.5.